The Morgan fingerprint density at radius 3 is 2.33 bits per heavy atom. The lowest BCUT2D eigenvalue weighted by atomic mass is 9.96. The number of alkyl halides is 3. The van der Waals surface area contributed by atoms with Gasteiger partial charge in [-0.1, -0.05) is 18.2 Å². The standard InChI is InChI=1S/C22H25F3N2O2S/c23-22(24,25)15-27-10-7-16(8-11-27)14-26-20-4-1-17(2-5-20)18-3-6-21-19(13-18)9-12-30(21,28)29/h1-6,13,16,26H,7-12,14-15H2. The van der Waals surface area contributed by atoms with Crippen molar-refractivity contribution in [2.24, 2.45) is 5.92 Å². The molecule has 0 spiro atoms. The molecule has 0 radical (unpaired) electrons. The van der Waals surface area contributed by atoms with Crippen LogP contribution in [0.4, 0.5) is 18.9 Å². The zero-order chi connectivity index (χ0) is 21.4. The fourth-order valence-electron chi connectivity index (χ4n) is 4.26. The van der Waals surface area contributed by atoms with Gasteiger partial charge in [0.2, 0.25) is 0 Å². The van der Waals surface area contributed by atoms with Crippen LogP contribution in [0.15, 0.2) is 47.4 Å². The predicted octanol–water partition coefficient (Wildman–Crippen LogP) is 4.37. The molecule has 4 rings (SSSR count). The second-order valence-corrected chi connectivity index (χ2v) is 10.3. The van der Waals surface area contributed by atoms with Crippen molar-refractivity contribution in [3.63, 3.8) is 0 Å². The van der Waals surface area contributed by atoms with Gasteiger partial charge in [-0.05, 0) is 79.2 Å². The first-order valence-electron chi connectivity index (χ1n) is 10.2. The molecule has 0 aliphatic carbocycles. The van der Waals surface area contributed by atoms with Crippen LogP contribution in [-0.4, -0.2) is 51.4 Å². The molecule has 4 nitrogen and oxygen atoms in total. The average Bonchev–Trinajstić information content (AvgIpc) is 3.01. The van der Waals surface area contributed by atoms with Crippen molar-refractivity contribution in [3.8, 4) is 11.1 Å². The molecule has 2 aromatic carbocycles. The maximum Gasteiger partial charge on any atom is 0.401 e. The largest absolute Gasteiger partial charge is 0.401 e. The number of nitrogens with one attached hydrogen (secondary N) is 1. The highest BCUT2D eigenvalue weighted by molar-refractivity contribution is 7.91. The zero-order valence-corrected chi connectivity index (χ0v) is 17.4. The Kier molecular flexibility index (Phi) is 5.81. The molecule has 2 aromatic rings. The number of halogens is 3. The number of sulfone groups is 1. The molecular formula is C22H25F3N2O2S. The summed E-state index contributed by atoms with van der Waals surface area (Å²) in [7, 11) is -3.11. The minimum atomic E-state index is -4.13. The summed E-state index contributed by atoms with van der Waals surface area (Å²) in [5, 5.41) is 3.39. The second-order valence-electron chi connectivity index (χ2n) is 8.18. The van der Waals surface area contributed by atoms with Gasteiger partial charge >= 0.3 is 6.18 Å². The molecule has 2 aliphatic rings. The van der Waals surface area contributed by atoms with Crippen LogP contribution < -0.4 is 5.32 Å². The Balaban J connectivity index is 1.31. The van der Waals surface area contributed by atoms with Crippen molar-refractivity contribution in [2.75, 3.05) is 37.2 Å². The van der Waals surface area contributed by atoms with Crippen LogP contribution in [0.1, 0.15) is 18.4 Å². The van der Waals surface area contributed by atoms with Crippen molar-refractivity contribution in [1.29, 1.82) is 0 Å². The third-order valence-electron chi connectivity index (χ3n) is 5.96. The summed E-state index contributed by atoms with van der Waals surface area (Å²) < 4.78 is 61.4. The van der Waals surface area contributed by atoms with E-state index in [0.29, 0.717) is 30.3 Å². The van der Waals surface area contributed by atoms with Crippen LogP contribution in [0.2, 0.25) is 0 Å². The van der Waals surface area contributed by atoms with Gasteiger partial charge in [-0.15, -0.1) is 0 Å². The lowest BCUT2D eigenvalue weighted by molar-refractivity contribution is -0.148. The number of anilines is 1. The maximum atomic E-state index is 12.5. The predicted molar refractivity (Wildman–Crippen MR) is 111 cm³/mol. The molecule has 0 atom stereocenters. The van der Waals surface area contributed by atoms with E-state index in [2.05, 4.69) is 5.32 Å². The molecule has 30 heavy (non-hydrogen) atoms. The van der Waals surface area contributed by atoms with Crippen molar-refractivity contribution in [1.82, 2.24) is 4.90 Å². The summed E-state index contributed by atoms with van der Waals surface area (Å²) in [5.74, 6) is 0.553. The molecule has 1 N–H and O–H groups in total. The van der Waals surface area contributed by atoms with Crippen molar-refractivity contribution in [2.45, 2.75) is 30.3 Å². The molecule has 2 aliphatic heterocycles. The topological polar surface area (TPSA) is 49.4 Å². The van der Waals surface area contributed by atoms with E-state index in [1.54, 1.807) is 6.07 Å². The van der Waals surface area contributed by atoms with E-state index in [-0.39, 0.29) is 5.75 Å². The van der Waals surface area contributed by atoms with Gasteiger partial charge in [0.15, 0.2) is 9.84 Å². The van der Waals surface area contributed by atoms with Gasteiger partial charge in [0, 0.05) is 12.2 Å². The lowest BCUT2D eigenvalue weighted by Gasteiger charge is -2.32. The average molecular weight is 439 g/mol. The first-order valence-corrected chi connectivity index (χ1v) is 11.8. The third kappa shape index (κ3) is 4.98. The van der Waals surface area contributed by atoms with Crippen molar-refractivity contribution < 1.29 is 21.6 Å². The molecule has 0 bridgehead atoms. The van der Waals surface area contributed by atoms with Crippen LogP contribution in [0.3, 0.4) is 0 Å². The number of rotatable bonds is 5. The van der Waals surface area contributed by atoms with Gasteiger partial charge in [-0.25, -0.2) is 8.42 Å². The molecule has 1 fully saturated rings. The highest BCUT2D eigenvalue weighted by Crippen LogP contribution is 2.31. The molecule has 2 heterocycles. The number of hydrogen-bond acceptors (Lipinski definition) is 4. The fraction of sp³-hybridized carbons (Fsp3) is 0.455. The number of fused-ring (bicyclic) bond motifs is 1. The van der Waals surface area contributed by atoms with Crippen LogP contribution in [0, 0.1) is 5.92 Å². The Morgan fingerprint density at radius 1 is 1.00 bits per heavy atom. The maximum absolute atomic E-state index is 12.5. The van der Waals surface area contributed by atoms with Crippen LogP contribution >= 0.6 is 0 Å². The van der Waals surface area contributed by atoms with Crippen LogP contribution in [0.25, 0.3) is 11.1 Å². The summed E-state index contributed by atoms with van der Waals surface area (Å²) >= 11 is 0. The number of benzene rings is 2. The highest BCUT2D eigenvalue weighted by atomic mass is 32.2. The molecule has 1 saturated heterocycles. The molecule has 0 amide bonds. The number of likely N-dealkylation sites (tertiary alicyclic amines) is 1. The molecule has 8 heteroatoms. The third-order valence-corrected chi connectivity index (χ3v) is 7.77. The van der Waals surface area contributed by atoms with Gasteiger partial charge < -0.3 is 5.32 Å². The highest BCUT2D eigenvalue weighted by Gasteiger charge is 2.32. The smallest absolute Gasteiger partial charge is 0.385 e. The quantitative estimate of drug-likeness (QED) is 0.753. The van der Waals surface area contributed by atoms with Crippen LogP contribution in [0.5, 0.6) is 0 Å². The first-order chi connectivity index (χ1) is 14.2. The van der Waals surface area contributed by atoms with E-state index in [0.717, 1.165) is 41.8 Å². The summed E-state index contributed by atoms with van der Waals surface area (Å²) in [6.07, 6.45) is -2.04. The van der Waals surface area contributed by atoms with E-state index in [4.69, 9.17) is 0 Å². The van der Waals surface area contributed by atoms with Gasteiger partial charge in [-0.3, -0.25) is 4.90 Å². The minimum absolute atomic E-state index is 0.184. The monoisotopic (exact) mass is 438 g/mol. The zero-order valence-electron chi connectivity index (χ0n) is 16.6. The van der Waals surface area contributed by atoms with Gasteiger partial charge in [0.05, 0.1) is 17.2 Å². The van der Waals surface area contributed by atoms with Gasteiger partial charge in [0.25, 0.3) is 0 Å². The summed E-state index contributed by atoms with van der Waals surface area (Å²) in [4.78, 5) is 1.93. The Morgan fingerprint density at radius 2 is 1.67 bits per heavy atom. The number of aryl methyl sites for hydroxylation is 1. The summed E-state index contributed by atoms with van der Waals surface area (Å²) in [6, 6.07) is 13.5. The number of piperidine rings is 1. The van der Waals surface area contributed by atoms with E-state index in [9.17, 15) is 21.6 Å². The molecule has 0 aromatic heterocycles. The van der Waals surface area contributed by atoms with Crippen molar-refractivity contribution in [3.05, 3.63) is 48.0 Å². The van der Waals surface area contributed by atoms with E-state index < -0.39 is 22.6 Å². The normalized spacial score (nSPS) is 19.6. The second kappa shape index (κ2) is 8.23. The summed E-state index contributed by atoms with van der Waals surface area (Å²) in [5.41, 5.74) is 3.87. The molecule has 0 saturated carbocycles. The SMILES string of the molecule is O=S1(=O)CCc2cc(-c3ccc(NCC4CCN(CC(F)(F)F)CC4)cc3)ccc21. The Labute approximate surface area is 175 Å². The van der Waals surface area contributed by atoms with E-state index in [1.165, 1.54) is 4.90 Å². The fourth-order valence-corrected chi connectivity index (χ4v) is 5.80. The Hall–Kier alpha value is -2.06. The summed E-state index contributed by atoms with van der Waals surface area (Å²) in [6.45, 7) is 0.900. The van der Waals surface area contributed by atoms with Crippen LogP contribution in [-0.2, 0) is 16.3 Å². The first kappa shape index (κ1) is 21.2. The Bertz CT molecular complexity index is 996. The van der Waals surface area contributed by atoms with Gasteiger partial charge in [0.1, 0.15) is 0 Å². The van der Waals surface area contributed by atoms with Crippen molar-refractivity contribution >= 4 is 15.5 Å². The lowest BCUT2D eigenvalue weighted by Crippen LogP contribution is -2.41. The number of nitrogens with zero attached hydrogens (tertiary/aromatic N) is 1. The number of hydrogen-bond donors (Lipinski definition) is 1. The van der Waals surface area contributed by atoms with E-state index >= 15 is 0 Å². The van der Waals surface area contributed by atoms with E-state index in [1.807, 2.05) is 36.4 Å². The molecule has 162 valence electrons. The molecular weight excluding hydrogens is 413 g/mol. The minimum Gasteiger partial charge on any atom is -0.385 e. The molecule has 0 unspecified atom stereocenters. The van der Waals surface area contributed by atoms with Gasteiger partial charge in [-0.2, -0.15) is 13.2 Å².